The van der Waals surface area contributed by atoms with Gasteiger partial charge in [-0.25, -0.2) is 9.78 Å². The first kappa shape index (κ1) is 21.8. The molecule has 0 aliphatic carbocycles. The Morgan fingerprint density at radius 3 is 2.60 bits per heavy atom. The smallest absolute Gasteiger partial charge is 0.328 e. The summed E-state index contributed by atoms with van der Waals surface area (Å²) in [7, 11) is 0. The zero-order valence-electron chi connectivity index (χ0n) is 17.5. The van der Waals surface area contributed by atoms with E-state index in [0.717, 1.165) is 73.6 Å². The van der Waals surface area contributed by atoms with Crippen molar-refractivity contribution in [3.05, 3.63) is 48.2 Å². The summed E-state index contributed by atoms with van der Waals surface area (Å²) in [6, 6.07) is 9.84. The maximum Gasteiger partial charge on any atom is 0.328 e. The monoisotopic (exact) mass is 410 g/mol. The Kier molecular flexibility index (Phi) is 8.27. The second-order valence-electron chi connectivity index (χ2n) is 7.34. The predicted molar refractivity (Wildman–Crippen MR) is 119 cm³/mol. The lowest BCUT2D eigenvalue weighted by atomic mass is 10.0. The molecule has 6 heteroatoms. The Morgan fingerprint density at radius 1 is 1.13 bits per heavy atom. The first-order chi connectivity index (χ1) is 14.7. The van der Waals surface area contributed by atoms with Gasteiger partial charge in [-0.15, -0.1) is 0 Å². The van der Waals surface area contributed by atoms with E-state index in [0.29, 0.717) is 13.2 Å². The maximum absolute atomic E-state index is 11.0. The van der Waals surface area contributed by atoms with E-state index >= 15 is 0 Å². The second kappa shape index (κ2) is 11.4. The van der Waals surface area contributed by atoms with Crippen LogP contribution in [0.5, 0.6) is 5.75 Å². The fourth-order valence-electron chi connectivity index (χ4n) is 3.42. The summed E-state index contributed by atoms with van der Waals surface area (Å²) in [6.45, 7) is 5.94. The average Bonchev–Trinajstić information content (AvgIpc) is 3.29. The van der Waals surface area contributed by atoms with Crippen molar-refractivity contribution in [1.29, 1.82) is 0 Å². The molecule has 1 saturated heterocycles. The van der Waals surface area contributed by atoms with Gasteiger partial charge in [0, 0.05) is 43.1 Å². The molecule has 160 valence electrons. The molecular weight excluding hydrogens is 380 g/mol. The molecule has 1 aliphatic heterocycles. The first-order valence-corrected chi connectivity index (χ1v) is 10.6. The van der Waals surface area contributed by atoms with Crippen molar-refractivity contribution < 1.29 is 19.4 Å². The van der Waals surface area contributed by atoms with Crippen molar-refractivity contribution in [2.45, 2.75) is 32.6 Å². The van der Waals surface area contributed by atoms with Gasteiger partial charge in [0.25, 0.3) is 0 Å². The van der Waals surface area contributed by atoms with Crippen LogP contribution in [0.4, 0.5) is 5.82 Å². The summed E-state index contributed by atoms with van der Waals surface area (Å²) in [6.07, 6.45) is 9.12. The standard InChI is InChI=1S/C24H30N2O4/c1-2-3-14-29-15-16-30-22-9-6-19(7-10-22)21-17-20(8-11-23(27)28)24(25-18-21)26-12-4-5-13-26/h6-11,17-18H,2-5,12-16H2,1H3,(H,27,28). The Balaban J connectivity index is 1.68. The lowest BCUT2D eigenvalue weighted by molar-refractivity contribution is -0.131. The number of aliphatic carboxylic acids is 1. The number of rotatable bonds is 11. The molecule has 1 aliphatic rings. The van der Waals surface area contributed by atoms with Crippen molar-refractivity contribution in [2.24, 2.45) is 0 Å². The largest absolute Gasteiger partial charge is 0.491 e. The Morgan fingerprint density at radius 2 is 1.90 bits per heavy atom. The quantitative estimate of drug-likeness (QED) is 0.430. The molecule has 0 spiro atoms. The molecule has 2 aromatic rings. The number of carboxylic acid groups (broad SMARTS) is 1. The SMILES string of the molecule is CCCCOCCOc1ccc(-c2cnc(N3CCCC3)c(C=CC(=O)O)c2)cc1. The number of hydrogen-bond acceptors (Lipinski definition) is 5. The number of hydrogen-bond donors (Lipinski definition) is 1. The number of benzene rings is 1. The van der Waals surface area contributed by atoms with E-state index in [9.17, 15) is 4.79 Å². The third kappa shape index (κ3) is 6.32. The van der Waals surface area contributed by atoms with Crippen LogP contribution in [0.25, 0.3) is 17.2 Å². The summed E-state index contributed by atoms with van der Waals surface area (Å²) >= 11 is 0. The van der Waals surface area contributed by atoms with E-state index in [1.54, 1.807) is 6.08 Å². The molecule has 0 radical (unpaired) electrons. The topological polar surface area (TPSA) is 71.9 Å². The number of carboxylic acids is 1. The minimum absolute atomic E-state index is 0.527. The number of nitrogens with zero attached hydrogens (tertiary/aromatic N) is 2. The molecule has 0 amide bonds. The molecule has 0 unspecified atom stereocenters. The second-order valence-corrected chi connectivity index (χ2v) is 7.34. The van der Waals surface area contributed by atoms with Gasteiger partial charge in [0.2, 0.25) is 0 Å². The van der Waals surface area contributed by atoms with Crippen LogP contribution < -0.4 is 9.64 Å². The van der Waals surface area contributed by atoms with Gasteiger partial charge in [-0.05, 0) is 49.1 Å². The van der Waals surface area contributed by atoms with Gasteiger partial charge < -0.3 is 19.5 Å². The van der Waals surface area contributed by atoms with Gasteiger partial charge >= 0.3 is 5.97 Å². The Labute approximate surface area is 178 Å². The number of ether oxygens (including phenoxy) is 2. The zero-order chi connectivity index (χ0) is 21.2. The van der Waals surface area contributed by atoms with Gasteiger partial charge in [0.15, 0.2) is 0 Å². The number of aromatic nitrogens is 1. The Bertz CT molecular complexity index is 843. The maximum atomic E-state index is 11.0. The van der Waals surface area contributed by atoms with E-state index in [2.05, 4.69) is 16.8 Å². The minimum Gasteiger partial charge on any atom is -0.491 e. The lowest BCUT2D eigenvalue weighted by Crippen LogP contribution is -2.20. The van der Waals surface area contributed by atoms with E-state index in [1.807, 2.05) is 36.5 Å². The van der Waals surface area contributed by atoms with Gasteiger partial charge in [-0.3, -0.25) is 0 Å². The summed E-state index contributed by atoms with van der Waals surface area (Å²) in [4.78, 5) is 17.9. The predicted octanol–water partition coefficient (Wildman–Crippen LogP) is 4.64. The van der Waals surface area contributed by atoms with Crippen LogP contribution in [0.15, 0.2) is 42.6 Å². The van der Waals surface area contributed by atoms with Crippen LogP contribution in [0.1, 0.15) is 38.2 Å². The number of pyridine rings is 1. The van der Waals surface area contributed by atoms with Crippen LogP contribution in [-0.2, 0) is 9.53 Å². The van der Waals surface area contributed by atoms with Crippen LogP contribution in [0.2, 0.25) is 0 Å². The van der Waals surface area contributed by atoms with Crippen molar-refractivity contribution in [3.63, 3.8) is 0 Å². The van der Waals surface area contributed by atoms with Gasteiger partial charge in [-0.1, -0.05) is 25.5 Å². The highest BCUT2D eigenvalue weighted by Gasteiger charge is 2.17. The molecule has 2 heterocycles. The van der Waals surface area contributed by atoms with Crippen LogP contribution >= 0.6 is 0 Å². The van der Waals surface area contributed by atoms with Crippen LogP contribution in [0, 0.1) is 0 Å². The van der Waals surface area contributed by atoms with E-state index < -0.39 is 5.97 Å². The molecule has 3 rings (SSSR count). The average molecular weight is 411 g/mol. The third-order valence-electron chi connectivity index (χ3n) is 5.03. The molecule has 1 aromatic carbocycles. The highest BCUT2D eigenvalue weighted by Crippen LogP contribution is 2.29. The Hall–Kier alpha value is -2.86. The number of carbonyl (C=O) groups is 1. The van der Waals surface area contributed by atoms with E-state index in [1.165, 1.54) is 6.08 Å². The van der Waals surface area contributed by atoms with E-state index in [-0.39, 0.29) is 0 Å². The summed E-state index contributed by atoms with van der Waals surface area (Å²) in [5, 5.41) is 9.04. The fraction of sp³-hybridized carbons (Fsp3) is 0.417. The molecule has 0 atom stereocenters. The summed E-state index contributed by atoms with van der Waals surface area (Å²) in [5.74, 6) is 0.676. The molecule has 0 saturated carbocycles. The third-order valence-corrected chi connectivity index (χ3v) is 5.03. The van der Waals surface area contributed by atoms with E-state index in [4.69, 9.17) is 14.6 Å². The van der Waals surface area contributed by atoms with Crippen LogP contribution in [0.3, 0.4) is 0 Å². The molecule has 1 N–H and O–H groups in total. The molecular formula is C24H30N2O4. The molecule has 30 heavy (non-hydrogen) atoms. The van der Waals surface area contributed by atoms with Crippen LogP contribution in [-0.4, -0.2) is 49.0 Å². The van der Waals surface area contributed by atoms with Gasteiger partial charge in [0.1, 0.15) is 18.2 Å². The fourth-order valence-corrected chi connectivity index (χ4v) is 3.42. The van der Waals surface area contributed by atoms with Gasteiger partial charge in [-0.2, -0.15) is 0 Å². The molecule has 1 fully saturated rings. The summed E-state index contributed by atoms with van der Waals surface area (Å²) in [5.41, 5.74) is 2.77. The van der Waals surface area contributed by atoms with Crippen molar-refractivity contribution in [1.82, 2.24) is 4.98 Å². The van der Waals surface area contributed by atoms with Crippen molar-refractivity contribution in [2.75, 3.05) is 37.8 Å². The first-order valence-electron chi connectivity index (χ1n) is 10.6. The van der Waals surface area contributed by atoms with Crippen molar-refractivity contribution >= 4 is 17.9 Å². The molecule has 0 bridgehead atoms. The molecule has 6 nitrogen and oxygen atoms in total. The summed E-state index contributed by atoms with van der Waals surface area (Å²) < 4.78 is 11.2. The minimum atomic E-state index is -0.965. The highest BCUT2D eigenvalue weighted by atomic mass is 16.5. The number of unbranched alkanes of at least 4 members (excludes halogenated alkanes) is 1. The lowest BCUT2D eigenvalue weighted by Gasteiger charge is -2.19. The zero-order valence-corrected chi connectivity index (χ0v) is 17.5. The van der Waals surface area contributed by atoms with Crippen molar-refractivity contribution in [3.8, 4) is 16.9 Å². The highest BCUT2D eigenvalue weighted by molar-refractivity contribution is 5.87. The van der Waals surface area contributed by atoms with Gasteiger partial charge in [0.05, 0.1) is 6.61 Å². The number of anilines is 1. The normalized spacial score (nSPS) is 13.8. The molecule has 1 aromatic heterocycles.